The molecule has 29 heavy (non-hydrogen) atoms. The summed E-state index contributed by atoms with van der Waals surface area (Å²) in [5, 5.41) is 11.9. The minimum absolute atomic E-state index is 0.137. The molecule has 0 aliphatic rings. The lowest BCUT2D eigenvalue weighted by molar-refractivity contribution is -0.132. The molecule has 0 unspecified atom stereocenters. The molecule has 0 saturated carbocycles. The third-order valence-electron chi connectivity index (χ3n) is 4.73. The van der Waals surface area contributed by atoms with Crippen LogP contribution in [0.4, 0.5) is 5.69 Å². The Morgan fingerprint density at radius 1 is 0.862 bits per heavy atom. The fraction of sp³-hybridized carbons (Fsp3) is 0.429. The standard InChI is InChI=1S/C21H29N5O3/c1-12(2)18(26-19(27)13(3)22-5)21(29)24-14(4)20(28)25-17-10-6-9-16-15(17)8-7-11-23-16/h6-14,18,22H,1-5H3,(H,24,29)(H,25,28)(H,26,27)/t13-,14-,18-/m0/s1. The minimum Gasteiger partial charge on any atom is -0.343 e. The van der Waals surface area contributed by atoms with Crippen molar-refractivity contribution in [3.05, 3.63) is 36.5 Å². The summed E-state index contributed by atoms with van der Waals surface area (Å²) in [6.07, 6.45) is 1.69. The lowest BCUT2D eigenvalue weighted by Crippen LogP contribution is -2.56. The molecule has 1 aromatic carbocycles. The van der Waals surface area contributed by atoms with E-state index >= 15 is 0 Å². The first-order valence-corrected chi connectivity index (χ1v) is 9.67. The highest BCUT2D eigenvalue weighted by Gasteiger charge is 2.28. The fourth-order valence-electron chi connectivity index (χ4n) is 2.77. The Hall–Kier alpha value is -3.00. The van der Waals surface area contributed by atoms with E-state index in [4.69, 9.17) is 0 Å². The number of hydrogen-bond donors (Lipinski definition) is 4. The molecule has 0 aliphatic heterocycles. The lowest BCUT2D eigenvalue weighted by atomic mass is 10.0. The number of hydrogen-bond acceptors (Lipinski definition) is 5. The Labute approximate surface area is 170 Å². The highest BCUT2D eigenvalue weighted by atomic mass is 16.2. The molecule has 0 radical (unpaired) electrons. The second kappa shape index (κ2) is 9.97. The molecule has 3 amide bonds. The van der Waals surface area contributed by atoms with Gasteiger partial charge < -0.3 is 21.3 Å². The van der Waals surface area contributed by atoms with Gasteiger partial charge in [0.25, 0.3) is 0 Å². The summed E-state index contributed by atoms with van der Waals surface area (Å²) in [7, 11) is 1.67. The van der Waals surface area contributed by atoms with Crippen molar-refractivity contribution in [1.29, 1.82) is 0 Å². The van der Waals surface area contributed by atoms with Crippen LogP contribution < -0.4 is 21.3 Å². The molecular formula is C21H29N5O3. The lowest BCUT2D eigenvalue weighted by Gasteiger charge is -2.25. The third-order valence-corrected chi connectivity index (χ3v) is 4.73. The predicted octanol–water partition coefficient (Wildman–Crippen LogP) is 1.43. The van der Waals surface area contributed by atoms with Crippen LogP contribution in [0.2, 0.25) is 0 Å². The van der Waals surface area contributed by atoms with Crippen LogP contribution >= 0.6 is 0 Å². The molecule has 2 aromatic rings. The van der Waals surface area contributed by atoms with Crippen molar-refractivity contribution < 1.29 is 14.4 Å². The number of fused-ring (bicyclic) bond motifs is 1. The summed E-state index contributed by atoms with van der Waals surface area (Å²) in [4.78, 5) is 41.7. The molecule has 4 N–H and O–H groups in total. The number of benzene rings is 1. The van der Waals surface area contributed by atoms with E-state index in [9.17, 15) is 14.4 Å². The van der Waals surface area contributed by atoms with Gasteiger partial charge in [0.1, 0.15) is 12.1 Å². The van der Waals surface area contributed by atoms with E-state index in [0.29, 0.717) is 5.69 Å². The number of carbonyl (C=O) groups excluding carboxylic acids is 3. The van der Waals surface area contributed by atoms with Crippen LogP contribution in [-0.2, 0) is 14.4 Å². The molecule has 2 rings (SSSR count). The van der Waals surface area contributed by atoms with E-state index in [1.807, 2.05) is 26.0 Å². The van der Waals surface area contributed by atoms with E-state index in [-0.39, 0.29) is 17.7 Å². The van der Waals surface area contributed by atoms with Gasteiger partial charge in [0, 0.05) is 11.6 Å². The first-order valence-electron chi connectivity index (χ1n) is 9.67. The van der Waals surface area contributed by atoms with Gasteiger partial charge in [-0.3, -0.25) is 19.4 Å². The van der Waals surface area contributed by atoms with Crippen LogP contribution in [0.25, 0.3) is 10.9 Å². The van der Waals surface area contributed by atoms with Crippen LogP contribution in [-0.4, -0.2) is 47.9 Å². The number of likely N-dealkylation sites (N-methyl/N-ethyl adjacent to an activating group) is 1. The Bertz CT molecular complexity index is 878. The predicted molar refractivity (Wildman–Crippen MR) is 113 cm³/mol. The number of carbonyl (C=O) groups is 3. The first kappa shape index (κ1) is 22.3. The van der Waals surface area contributed by atoms with Gasteiger partial charge in [0.15, 0.2) is 0 Å². The summed E-state index contributed by atoms with van der Waals surface area (Å²) in [6, 6.07) is 7.17. The maximum absolute atomic E-state index is 12.7. The van der Waals surface area contributed by atoms with Crippen molar-refractivity contribution in [3.63, 3.8) is 0 Å². The molecule has 8 nitrogen and oxygen atoms in total. The Balaban J connectivity index is 2.05. The summed E-state index contributed by atoms with van der Waals surface area (Å²) >= 11 is 0. The van der Waals surface area contributed by atoms with Gasteiger partial charge in [-0.25, -0.2) is 0 Å². The number of aromatic nitrogens is 1. The second-order valence-corrected chi connectivity index (χ2v) is 7.34. The minimum atomic E-state index is -0.783. The van der Waals surface area contributed by atoms with Gasteiger partial charge in [0.05, 0.1) is 17.2 Å². The van der Waals surface area contributed by atoms with Crippen molar-refractivity contribution in [2.24, 2.45) is 5.92 Å². The molecule has 0 saturated heterocycles. The van der Waals surface area contributed by atoms with Gasteiger partial charge in [-0.2, -0.15) is 0 Å². The van der Waals surface area contributed by atoms with E-state index in [2.05, 4.69) is 26.3 Å². The summed E-state index contributed by atoms with van der Waals surface area (Å²) in [6.45, 7) is 6.98. The van der Waals surface area contributed by atoms with Crippen LogP contribution in [0.15, 0.2) is 36.5 Å². The van der Waals surface area contributed by atoms with Crippen LogP contribution in [0.3, 0.4) is 0 Å². The molecule has 156 valence electrons. The van der Waals surface area contributed by atoms with E-state index in [0.717, 1.165) is 10.9 Å². The van der Waals surface area contributed by atoms with Gasteiger partial charge >= 0.3 is 0 Å². The number of rotatable bonds is 8. The average molecular weight is 399 g/mol. The van der Waals surface area contributed by atoms with Crippen molar-refractivity contribution in [1.82, 2.24) is 20.9 Å². The Morgan fingerprint density at radius 2 is 1.59 bits per heavy atom. The summed E-state index contributed by atoms with van der Waals surface area (Å²) in [5.74, 6) is -1.17. The maximum atomic E-state index is 12.7. The Kier molecular flexibility index (Phi) is 7.67. The normalized spacial score (nSPS) is 14.1. The smallest absolute Gasteiger partial charge is 0.246 e. The van der Waals surface area contributed by atoms with E-state index in [1.54, 1.807) is 45.3 Å². The fourth-order valence-corrected chi connectivity index (χ4v) is 2.77. The molecule has 0 bridgehead atoms. The van der Waals surface area contributed by atoms with Crippen molar-refractivity contribution >= 4 is 34.3 Å². The molecule has 0 spiro atoms. The van der Waals surface area contributed by atoms with Crippen LogP contribution in [0.1, 0.15) is 27.7 Å². The van der Waals surface area contributed by atoms with Crippen molar-refractivity contribution in [2.45, 2.75) is 45.8 Å². The maximum Gasteiger partial charge on any atom is 0.246 e. The van der Waals surface area contributed by atoms with Crippen molar-refractivity contribution in [2.75, 3.05) is 12.4 Å². The molecular weight excluding hydrogens is 370 g/mol. The zero-order valence-electron chi connectivity index (χ0n) is 17.4. The summed E-state index contributed by atoms with van der Waals surface area (Å²) in [5.41, 5.74) is 1.39. The number of nitrogens with zero attached hydrogens (tertiary/aromatic N) is 1. The zero-order valence-corrected chi connectivity index (χ0v) is 17.4. The van der Waals surface area contributed by atoms with Gasteiger partial charge in [-0.15, -0.1) is 0 Å². The SMILES string of the molecule is CN[C@@H](C)C(=O)N[C@H](C(=O)N[C@@H](C)C(=O)Nc1cccc2ncccc12)C(C)C. The number of pyridine rings is 1. The number of nitrogens with one attached hydrogen (secondary N) is 4. The third kappa shape index (κ3) is 5.74. The number of amides is 3. The number of anilines is 1. The molecule has 8 heteroatoms. The summed E-state index contributed by atoms with van der Waals surface area (Å²) < 4.78 is 0. The van der Waals surface area contributed by atoms with Gasteiger partial charge in [-0.1, -0.05) is 19.9 Å². The molecule has 1 heterocycles. The molecule has 1 aromatic heterocycles. The quantitative estimate of drug-likeness (QED) is 0.536. The highest BCUT2D eigenvalue weighted by Crippen LogP contribution is 2.21. The first-order chi connectivity index (χ1) is 13.7. The average Bonchev–Trinajstić information content (AvgIpc) is 2.70. The highest BCUT2D eigenvalue weighted by molar-refractivity contribution is 6.04. The van der Waals surface area contributed by atoms with Gasteiger partial charge in [-0.05, 0) is 51.1 Å². The second-order valence-electron chi connectivity index (χ2n) is 7.34. The van der Waals surface area contributed by atoms with E-state index < -0.39 is 24.0 Å². The monoisotopic (exact) mass is 399 g/mol. The molecule has 3 atom stereocenters. The molecule has 0 aliphatic carbocycles. The molecule has 0 fully saturated rings. The zero-order chi connectivity index (χ0) is 21.6. The van der Waals surface area contributed by atoms with Crippen LogP contribution in [0, 0.1) is 5.92 Å². The van der Waals surface area contributed by atoms with Crippen molar-refractivity contribution in [3.8, 4) is 0 Å². The largest absolute Gasteiger partial charge is 0.343 e. The topological polar surface area (TPSA) is 112 Å². The van der Waals surface area contributed by atoms with E-state index in [1.165, 1.54) is 0 Å². The van der Waals surface area contributed by atoms with Gasteiger partial charge in [0.2, 0.25) is 17.7 Å². The van der Waals surface area contributed by atoms with Crippen LogP contribution in [0.5, 0.6) is 0 Å². The Morgan fingerprint density at radius 3 is 2.24 bits per heavy atom.